The molecule has 2 N–H and O–H groups in total. The Hall–Kier alpha value is -0.0400. The van der Waals surface area contributed by atoms with Crippen LogP contribution in [0.3, 0.4) is 0 Å². The van der Waals surface area contributed by atoms with Crippen LogP contribution in [0.25, 0.3) is 0 Å². The highest BCUT2D eigenvalue weighted by atomic mass is 14.7. The maximum atomic E-state index is 6.13. The molecule has 4 bridgehead atoms. The van der Waals surface area contributed by atoms with Crippen molar-refractivity contribution in [2.45, 2.75) is 59.3 Å². The number of rotatable bonds is 1. The van der Waals surface area contributed by atoms with Crippen LogP contribution in [-0.2, 0) is 0 Å². The van der Waals surface area contributed by atoms with E-state index in [0.29, 0.717) is 16.2 Å². The first-order chi connectivity index (χ1) is 7.38. The lowest BCUT2D eigenvalue weighted by Crippen LogP contribution is -2.58. The summed E-state index contributed by atoms with van der Waals surface area (Å²) in [5.74, 6) is 2.01. The van der Waals surface area contributed by atoms with E-state index in [1.165, 1.54) is 38.5 Å². The summed E-state index contributed by atoms with van der Waals surface area (Å²) >= 11 is 0. The van der Waals surface area contributed by atoms with E-state index in [-0.39, 0.29) is 0 Å². The van der Waals surface area contributed by atoms with Crippen molar-refractivity contribution in [1.29, 1.82) is 0 Å². The van der Waals surface area contributed by atoms with Crippen molar-refractivity contribution in [3.05, 3.63) is 0 Å². The van der Waals surface area contributed by atoms with Gasteiger partial charge in [0, 0.05) is 0 Å². The van der Waals surface area contributed by atoms with Gasteiger partial charge < -0.3 is 5.73 Å². The van der Waals surface area contributed by atoms with Crippen LogP contribution in [0.4, 0.5) is 0 Å². The van der Waals surface area contributed by atoms with E-state index in [4.69, 9.17) is 5.73 Å². The van der Waals surface area contributed by atoms with Gasteiger partial charge in [-0.25, -0.2) is 0 Å². The van der Waals surface area contributed by atoms with Crippen LogP contribution in [0.2, 0.25) is 0 Å². The maximum Gasteiger partial charge on any atom is -0.00201 e. The topological polar surface area (TPSA) is 26.0 Å². The van der Waals surface area contributed by atoms with Crippen LogP contribution in [-0.4, -0.2) is 6.54 Å². The summed E-state index contributed by atoms with van der Waals surface area (Å²) in [4.78, 5) is 0. The lowest BCUT2D eigenvalue weighted by atomic mass is 9.39. The molecule has 0 spiro atoms. The van der Waals surface area contributed by atoms with Crippen LogP contribution in [0.1, 0.15) is 59.3 Å². The molecule has 2 unspecified atom stereocenters. The smallest absolute Gasteiger partial charge is 0.00201 e. The molecule has 0 aromatic carbocycles. The van der Waals surface area contributed by atoms with Gasteiger partial charge in [0.15, 0.2) is 0 Å². The van der Waals surface area contributed by atoms with Crippen LogP contribution in [0.15, 0.2) is 0 Å². The zero-order valence-electron chi connectivity index (χ0n) is 11.2. The molecule has 2 atom stereocenters. The van der Waals surface area contributed by atoms with Gasteiger partial charge in [0.2, 0.25) is 0 Å². The van der Waals surface area contributed by atoms with Gasteiger partial charge in [0.1, 0.15) is 0 Å². The molecule has 0 saturated heterocycles. The van der Waals surface area contributed by atoms with Crippen molar-refractivity contribution in [2.75, 3.05) is 6.54 Å². The number of nitrogens with two attached hydrogens (primary N) is 1. The molecule has 0 aromatic heterocycles. The van der Waals surface area contributed by atoms with Crippen LogP contribution >= 0.6 is 0 Å². The normalized spacial score (nSPS) is 51.0. The van der Waals surface area contributed by atoms with E-state index in [0.717, 1.165) is 18.4 Å². The van der Waals surface area contributed by atoms with E-state index < -0.39 is 0 Å². The van der Waals surface area contributed by atoms with Crippen molar-refractivity contribution < 1.29 is 0 Å². The fourth-order valence-electron chi connectivity index (χ4n) is 5.57. The molecular weight excluding hydrogens is 194 g/mol. The molecule has 4 aliphatic carbocycles. The van der Waals surface area contributed by atoms with Crippen LogP contribution < -0.4 is 5.73 Å². The molecule has 16 heavy (non-hydrogen) atoms. The second-order valence-electron chi connectivity index (χ2n) is 8.20. The van der Waals surface area contributed by atoms with Gasteiger partial charge in [-0.15, -0.1) is 0 Å². The Morgan fingerprint density at radius 1 is 1.06 bits per heavy atom. The molecule has 1 heteroatoms. The zero-order chi connectivity index (χ0) is 11.6. The zero-order valence-corrected chi connectivity index (χ0v) is 11.2. The molecule has 0 radical (unpaired) electrons. The highest BCUT2D eigenvalue weighted by Gasteiger charge is 2.60. The van der Waals surface area contributed by atoms with Gasteiger partial charge in [0.05, 0.1) is 0 Å². The third-order valence-corrected chi connectivity index (χ3v) is 6.21. The van der Waals surface area contributed by atoms with E-state index in [1.54, 1.807) is 0 Å². The van der Waals surface area contributed by atoms with Gasteiger partial charge in [-0.2, -0.15) is 0 Å². The molecular formula is C15H27N. The van der Waals surface area contributed by atoms with E-state index in [9.17, 15) is 0 Å². The second kappa shape index (κ2) is 3.04. The lowest BCUT2D eigenvalue weighted by Gasteiger charge is -2.66. The lowest BCUT2D eigenvalue weighted by molar-refractivity contribution is -0.153. The Bertz CT molecular complexity index is 285. The highest BCUT2D eigenvalue weighted by molar-refractivity contribution is 5.11. The Balaban J connectivity index is 1.99. The molecule has 0 heterocycles. The minimum absolute atomic E-state index is 0.477. The first-order valence-electron chi connectivity index (χ1n) is 7.08. The summed E-state index contributed by atoms with van der Waals surface area (Å²) in [7, 11) is 0. The Morgan fingerprint density at radius 3 is 2.06 bits per heavy atom. The molecule has 0 amide bonds. The number of hydrogen-bond donors (Lipinski definition) is 1. The predicted octanol–water partition coefficient (Wildman–Crippen LogP) is 3.58. The molecule has 1 nitrogen and oxygen atoms in total. The van der Waals surface area contributed by atoms with Gasteiger partial charge in [-0.05, 0) is 73.2 Å². The average Bonchev–Trinajstić information content (AvgIpc) is 2.14. The average molecular weight is 221 g/mol. The fourth-order valence-corrected chi connectivity index (χ4v) is 5.57. The summed E-state index contributed by atoms with van der Waals surface area (Å²) in [5.41, 5.74) is 7.77. The fraction of sp³-hybridized carbons (Fsp3) is 1.00. The minimum Gasteiger partial charge on any atom is -0.330 e. The Morgan fingerprint density at radius 2 is 1.62 bits per heavy atom. The quantitative estimate of drug-likeness (QED) is 0.719. The largest absolute Gasteiger partial charge is 0.330 e. The Kier molecular flexibility index (Phi) is 2.11. The van der Waals surface area contributed by atoms with Crippen molar-refractivity contribution >= 4 is 0 Å². The minimum atomic E-state index is 0.477. The predicted molar refractivity (Wildman–Crippen MR) is 68.1 cm³/mol. The molecule has 4 saturated carbocycles. The molecule has 4 aliphatic rings. The SMILES string of the molecule is CC(C)(C)C12CC3CC(CC(CN)(C3)C1)C2. The van der Waals surface area contributed by atoms with Gasteiger partial charge in [-0.1, -0.05) is 20.8 Å². The highest BCUT2D eigenvalue weighted by Crippen LogP contribution is 2.69. The molecule has 4 fully saturated rings. The van der Waals surface area contributed by atoms with Gasteiger partial charge in [-0.3, -0.25) is 0 Å². The van der Waals surface area contributed by atoms with Crippen molar-refractivity contribution in [2.24, 2.45) is 33.8 Å². The first kappa shape index (κ1) is 11.1. The molecule has 92 valence electrons. The standard InChI is InChI=1S/C15H27N/c1-13(2,3)15-7-11-4-12(8-15)6-14(5-11,9-15)10-16/h11-12H,4-10,16H2,1-3H3. The third-order valence-electron chi connectivity index (χ3n) is 6.21. The monoisotopic (exact) mass is 221 g/mol. The number of hydrogen-bond acceptors (Lipinski definition) is 1. The molecule has 4 rings (SSSR count). The van der Waals surface area contributed by atoms with Crippen molar-refractivity contribution in [1.82, 2.24) is 0 Å². The van der Waals surface area contributed by atoms with Crippen molar-refractivity contribution in [3.8, 4) is 0 Å². The van der Waals surface area contributed by atoms with E-state index in [1.807, 2.05) is 0 Å². The molecule has 0 aromatic rings. The molecule has 0 aliphatic heterocycles. The summed E-state index contributed by atoms with van der Waals surface area (Å²) in [6.07, 6.45) is 8.81. The maximum absolute atomic E-state index is 6.13. The van der Waals surface area contributed by atoms with Gasteiger partial charge in [0.25, 0.3) is 0 Å². The third kappa shape index (κ3) is 1.33. The summed E-state index contributed by atoms with van der Waals surface area (Å²) in [5, 5.41) is 0. The summed E-state index contributed by atoms with van der Waals surface area (Å²) in [6, 6.07) is 0. The second-order valence-corrected chi connectivity index (χ2v) is 8.20. The van der Waals surface area contributed by atoms with Gasteiger partial charge >= 0.3 is 0 Å². The van der Waals surface area contributed by atoms with Crippen LogP contribution in [0, 0.1) is 28.1 Å². The van der Waals surface area contributed by atoms with Crippen LogP contribution in [0.5, 0.6) is 0 Å². The summed E-state index contributed by atoms with van der Waals surface area (Å²) < 4.78 is 0. The van der Waals surface area contributed by atoms with Crippen molar-refractivity contribution in [3.63, 3.8) is 0 Å². The van der Waals surface area contributed by atoms with E-state index in [2.05, 4.69) is 20.8 Å². The summed E-state index contributed by atoms with van der Waals surface area (Å²) in [6.45, 7) is 8.33. The van der Waals surface area contributed by atoms with E-state index >= 15 is 0 Å². The first-order valence-corrected chi connectivity index (χ1v) is 7.08. The Labute approximate surface area is 100 Å².